The SMILES string of the molecule is O=C(NC(=O)N1CCCCC1)Nc1ccccc1. The van der Waals surface area contributed by atoms with Gasteiger partial charge in [-0.05, 0) is 31.4 Å². The molecule has 0 saturated carbocycles. The number of urea groups is 2. The predicted octanol–water partition coefficient (Wildman–Crippen LogP) is 2.41. The third-order valence-corrected chi connectivity index (χ3v) is 2.90. The molecule has 18 heavy (non-hydrogen) atoms. The fourth-order valence-electron chi connectivity index (χ4n) is 1.96. The minimum Gasteiger partial charge on any atom is -0.324 e. The molecule has 2 N–H and O–H groups in total. The third-order valence-electron chi connectivity index (χ3n) is 2.90. The van der Waals surface area contributed by atoms with E-state index in [1.807, 2.05) is 18.2 Å². The number of piperidine rings is 1. The molecule has 4 amide bonds. The number of benzene rings is 1. The van der Waals surface area contributed by atoms with Crippen LogP contribution in [0.25, 0.3) is 0 Å². The summed E-state index contributed by atoms with van der Waals surface area (Å²) in [5.74, 6) is 0. The Labute approximate surface area is 106 Å². The van der Waals surface area contributed by atoms with Crippen molar-refractivity contribution < 1.29 is 9.59 Å². The summed E-state index contributed by atoms with van der Waals surface area (Å²) >= 11 is 0. The smallest absolute Gasteiger partial charge is 0.324 e. The minimum atomic E-state index is -0.489. The number of carbonyl (C=O) groups excluding carboxylic acids is 2. The van der Waals surface area contributed by atoms with Crippen molar-refractivity contribution in [3.8, 4) is 0 Å². The van der Waals surface area contributed by atoms with E-state index in [2.05, 4.69) is 10.6 Å². The largest absolute Gasteiger partial charge is 0.327 e. The zero-order valence-corrected chi connectivity index (χ0v) is 10.2. The molecular weight excluding hydrogens is 230 g/mol. The van der Waals surface area contributed by atoms with Crippen LogP contribution in [0, 0.1) is 0 Å². The van der Waals surface area contributed by atoms with Gasteiger partial charge in [-0.3, -0.25) is 5.32 Å². The van der Waals surface area contributed by atoms with Crippen LogP contribution in [0.1, 0.15) is 19.3 Å². The van der Waals surface area contributed by atoms with Gasteiger partial charge in [0, 0.05) is 18.8 Å². The number of imide groups is 1. The Kier molecular flexibility index (Phi) is 4.17. The fraction of sp³-hybridized carbons (Fsp3) is 0.385. The Hall–Kier alpha value is -2.04. The average molecular weight is 247 g/mol. The zero-order chi connectivity index (χ0) is 12.8. The van der Waals surface area contributed by atoms with Crippen molar-refractivity contribution in [3.05, 3.63) is 30.3 Å². The van der Waals surface area contributed by atoms with Crippen LogP contribution in [0.4, 0.5) is 15.3 Å². The van der Waals surface area contributed by atoms with Crippen molar-refractivity contribution in [2.75, 3.05) is 18.4 Å². The van der Waals surface area contributed by atoms with Crippen molar-refractivity contribution >= 4 is 17.7 Å². The average Bonchev–Trinajstić information content (AvgIpc) is 2.40. The highest BCUT2D eigenvalue weighted by Crippen LogP contribution is 2.09. The van der Waals surface area contributed by atoms with Crippen LogP contribution in [0.3, 0.4) is 0 Å². The van der Waals surface area contributed by atoms with Gasteiger partial charge < -0.3 is 10.2 Å². The molecular formula is C13H17N3O2. The number of hydrogen-bond acceptors (Lipinski definition) is 2. The number of nitrogens with zero attached hydrogens (tertiary/aromatic N) is 1. The second-order valence-electron chi connectivity index (χ2n) is 4.30. The molecule has 1 fully saturated rings. The highest BCUT2D eigenvalue weighted by atomic mass is 16.2. The van der Waals surface area contributed by atoms with E-state index in [0.29, 0.717) is 5.69 Å². The van der Waals surface area contributed by atoms with Gasteiger partial charge >= 0.3 is 12.1 Å². The molecule has 1 aromatic carbocycles. The number of para-hydroxylation sites is 1. The van der Waals surface area contributed by atoms with E-state index >= 15 is 0 Å². The van der Waals surface area contributed by atoms with Crippen LogP contribution in [-0.2, 0) is 0 Å². The van der Waals surface area contributed by atoms with Gasteiger partial charge in [-0.15, -0.1) is 0 Å². The third kappa shape index (κ3) is 3.48. The summed E-state index contributed by atoms with van der Waals surface area (Å²) in [5.41, 5.74) is 0.668. The lowest BCUT2D eigenvalue weighted by Crippen LogP contribution is -2.46. The molecule has 1 saturated heterocycles. The fourth-order valence-corrected chi connectivity index (χ4v) is 1.96. The van der Waals surface area contributed by atoms with Gasteiger partial charge in [-0.25, -0.2) is 9.59 Å². The molecule has 0 aromatic heterocycles. The second kappa shape index (κ2) is 6.05. The molecule has 1 heterocycles. The molecule has 0 bridgehead atoms. The van der Waals surface area contributed by atoms with Crippen LogP contribution in [-0.4, -0.2) is 30.1 Å². The van der Waals surface area contributed by atoms with Gasteiger partial charge in [0.1, 0.15) is 0 Å². The molecule has 0 unspecified atom stereocenters. The van der Waals surface area contributed by atoms with Crippen molar-refractivity contribution in [1.82, 2.24) is 10.2 Å². The van der Waals surface area contributed by atoms with Crippen molar-refractivity contribution in [3.63, 3.8) is 0 Å². The summed E-state index contributed by atoms with van der Waals surface area (Å²) in [6, 6.07) is 8.24. The van der Waals surface area contributed by atoms with Crippen molar-refractivity contribution in [2.24, 2.45) is 0 Å². The van der Waals surface area contributed by atoms with Crippen LogP contribution in [0.2, 0.25) is 0 Å². The molecule has 1 aliphatic heterocycles. The predicted molar refractivity (Wildman–Crippen MR) is 69.4 cm³/mol. The Balaban J connectivity index is 1.82. The normalized spacial score (nSPS) is 15.0. The van der Waals surface area contributed by atoms with Crippen LogP contribution in [0.5, 0.6) is 0 Å². The molecule has 2 rings (SSSR count). The first-order valence-electron chi connectivity index (χ1n) is 6.17. The maximum Gasteiger partial charge on any atom is 0.327 e. The number of anilines is 1. The molecule has 0 spiro atoms. The van der Waals surface area contributed by atoms with Crippen molar-refractivity contribution in [1.29, 1.82) is 0 Å². The van der Waals surface area contributed by atoms with Crippen LogP contribution >= 0.6 is 0 Å². The first-order valence-corrected chi connectivity index (χ1v) is 6.17. The van der Waals surface area contributed by atoms with Crippen LogP contribution < -0.4 is 10.6 Å². The van der Waals surface area contributed by atoms with E-state index in [-0.39, 0.29) is 6.03 Å². The topological polar surface area (TPSA) is 61.4 Å². The molecule has 5 heteroatoms. The number of carbonyl (C=O) groups is 2. The molecule has 1 aliphatic rings. The summed E-state index contributed by atoms with van der Waals surface area (Å²) in [7, 11) is 0. The van der Waals surface area contributed by atoms with Gasteiger partial charge in [0.2, 0.25) is 0 Å². The van der Waals surface area contributed by atoms with E-state index in [1.54, 1.807) is 17.0 Å². The standard InChI is InChI=1S/C13H17N3O2/c17-12(14-11-7-3-1-4-8-11)15-13(18)16-9-5-2-6-10-16/h1,3-4,7-8H,2,5-6,9-10H2,(H2,14,15,17,18). The molecule has 1 aromatic rings. The first-order chi connectivity index (χ1) is 8.75. The summed E-state index contributed by atoms with van der Waals surface area (Å²) in [4.78, 5) is 25.0. The summed E-state index contributed by atoms with van der Waals surface area (Å²) in [6.45, 7) is 1.45. The van der Waals surface area contributed by atoms with E-state index in [0.717, 1.165) is 32.4 Å². The monoisotopic (exact) mass is 247 g/mol. The van der Waals surface area contributed by atoms with Gasteiger partial charge in [-0.1, -0.05) is 18.2 Å². The van der Waals surface area contributed by atoms with Crippen molar-refractivity contribution in [2.45, 2.75) is 19.3 Å². The minimum absolute atomic E-state index is 0.317. The lowest BCUT2D eigenvalue weighted by Gasteiger charge is -2.26. The van der Waals surface area contributed by atoms with Gasteiger partial charge in [0.25, 0.3) is 0 Å². The summed E-state index contributed by atoms with van der Waals surface area (Å²) in [6.07, 6.45) is 3.17. The van der Waals surface area contributed by atoms with E-state index in [9.17, 15) is 9.59 Å². The maximum atomic E-state index is 11.8. The quantitative estimate of drug-likeness (QED) is 0.800. The van der Waals surface area contributed by atoms with E-state index < -0.39 is 6.03 Å². The lowest BCUT2D eigenvalue weighted by atomic mass is 10.1. The highest BCUT2D eigenvalue weighted by molar-refractivity contribution is 6.00. The summed E-state index contributed by atoms with van der Waals surface area (Å²) in [5, 5.41) is 4.95. The number of hydrogen-bond donors (Lipinski definition) is 2. The molecule has 0 radical (unpaired) electrons. The molecule has 5 nitrogen and oxygen atoms in total. The summed E-state index contributed by atoms with van der Waals surface area (Å²) < 4.78 is 0. The van der Waals surface area contributed by atoms with E-state index in [1.165, 1.54) is 0 Å². The number of rotatable bonds is 1. The molecule has 96 valence electrons. The number of amides is 4. The van der Waals surface area contributed by atoms with Gasteiger partial charge in [0.15, 0.2) is 0 Å². The Morgan fingerprint density at radius 1 is 1.00 bits per heavy atom. The number of likely N-dealkylation sites (tertiary alicyclic amines) is 1. The second-order valence-corrected chi connectivity index (χ2v) is 4.30. The maximum absolute atomic E-state index is 11.8. The number of nitrogens with one attached hydrogen (secondary N) is 2. The molecule has 0 atom stereocenters. The van der Waals surface area contributed by atoms with E-state index in [4.69, 9.17) is 0 Å². The lowest BCUT2D eigenvalue weighted by molar-refractivity contribution is 0.186. The Bertz CT molecular complexity index is 414. The van der Waals surface area contributed by atoms with Gasteiger partial charge in [-0.2, -0.15) is 0 Å². The Morgan fingerprint density at radius 2 is 1.67 bits per heavy atom. The first kappa shape index (κ1) is 12.4. The highest BCUT2D eigenvalue weighted by Gasteiger charge is 2.18. The zero-order valence-electron chi connectivity index (χ0n) is 10.2. The van der Waals surface area contributed by atoms with Gasteiger partial charge in [0.05, 0.1) is 0 Å². The van der Waals surface area contributed by atoms with Crippen LogP contribution in [0.15, 0.2) is 30.3 Å². The Morgan fingerprint density at radius 3 is 2.33 bits per heavy atom. The molecule has 0 aliphatic carbocycles.